The third kappa shape index (κ3) is 4.49. The normalized spacial score (nSPS) is 10.8. The monoisotopic (exact) mass is 399 g/mol. The molecule has 0 bridgehead atoms. The van der Waals surface area contributed by atoms with Gasteiger partial charge in [0.1, 0.15) is 5.69 Å². The van der Waals surface area contributed by atoms with E-state index in [1.165, 1.54) is 5.56 Å². The predicted octanol–water partition coefficient (Wildman–Crippen LogP) is 4.12. The summed E-state index contributed by atoms with van der Waals surface area (Å²) in [5.74, 6) is -0.114. The Balaban J connectivity index is 1.56. The number of hydrogen-bond acceptors (Lipinski definition) is 3. The third-order valence-electron chi connectivity index (χ3n) is 5.05. The standard InChI is InChI=1S/C24H25N5O/c1-2-19-9-11-20(12-10-19)23-22(17-29(27-23)21-7-4-3-5-8-21)24(30)26-13-6-15-28-16-14-25-18-28/h3-5,7-12,14,16-18H,2,6,13,15H2,1H3,(H,26,30). The molecule has 4 aromatic rings. The zero-order valence-electron chi connectivity index (χ0n) is 17.0. The summed E-state index contributed by atoms with van der Waals surface area (Å²) in [5, 5.41) is 7.77. The first kappa shape index (κ1) is 19.6. The molecule has 0 aliphatic rings. The fourth-order valence-electron chi connectivity index (χ4n) is 3.34. The number of aromatic nitrogens is 4. The molecule has 1 amide bonds. The lowest BCUT2D eigenvalue weighted by molar-refractivity contribution is 0.0953. The van der Waals surface area contributed by atoms with Gasteiger partial charge in [-0.3, -0.25) is 4.79 Å². The highest BCUT2D eigenvalue weighted by molar-refractivity contribution is 5.99. The summed E-state index contributed by atoms with van der Waals surface area (Å²) in [5.41, 5.74) is 4.37. The molecule has 4 rings (SSSR count). The van der Waals surface area contributed by atoms with E-state index in [1.54, 1.807) is 17.2 Å². The summed E-state index contributed by atoms with van der Waals surface area (Å²) in [6, 6.07) is 18.1. The van der Waals surface area contributed by atoms with Gasteiger partial charge in [0.2, 0.25) is 0 Å². The first-order valence-electron chi connectivity index (χ1n) is 10.2. The van der Waals surface area contributed by atoms with Crippen molar-refractivity contribution in [3.8, 4) is 16.9 Å². The minimum atomic E-state index is -0.114. The Morgan fingerprint density at radius 2 is 1.87 bits per heavy atom. The number of para-hydroxylation sites is 1. The molecule has 0 atom stereocenters. The second-order valence-corrected chi connectivity index (χ2v) is 7.13. The van der Waals surface area contributed by atoms with Gasteiger partial charge in [-0.2, -0.15) is 5.10 Å². The van der Waals surface area contributed by atoms with Gasteiger partial charge in [0, 0.05) is 37.2 Å². The first-order valence-corrected chi connectivity index (χ1v) is 10.2. The number of aryl methyl sites for hydroxylation is 2. The lowest BCUT2D eigenvalue weighted by atomic mass is 10.0. The fraction of sp³-hybridized carbons (Fsp3) is 0.208. The first-order chi connectivity index (χ1) is 14.7. The van der Waals surface area contributed by atoms with Crippen LogP contribution in [0, 0.1) is 0 Å². The van der Waals surface area contributed by atoms with E-state index in [0.717, 1.165) is 30.6 Å². The summed E-state index contributed by atoms with van der Waals surface area (Å²) >= 11 is 0. The number of carbonyl (C=O) groups is 1. The van der Waals surface area contributed by atoms with Crippen molar-refractivity contribution in [3.63, 3.8) is 0 Å². The van der Waals surface area contributed by atoms with Crippen molar-refractivity contribution >= 4 is 5.91 Å². The van der Waals surface area contributed by atoms with Gasteiger partial charge < -0.3 is 9.88 Å². The molecule has 0 spiro atoms. The second kappa shape index (κ2) is 9.22. The minimum Gasteiger partial charge on any atom is -0.352 e. The van der Waals surface area contributed by atoms with Gasteiger partial charge >= 0.3 is 0 Å². The number of nitrogens with one attached hydrogen (secondary N) is 1. The van der Waals surface area contributed by atoms with E-state index in [9.17, 15) is 4.79 Å². The van der Waals surface area contributed by atoms with E-state index in [4.69, 9.17) is 5.10 Å². The van der Waals surface area contributed by atoms with E-state index in [2.05, 4.69) is 29.4 Å². The molecule has 0 saturated carbocycles. The van der Waals surface area contributed by atoms with Gasteiger partial charge in [0.25, 0.3) is 5.91 Å². The smallest absolute Gasteiger partial charge is 0.255 e. The molecule has 6 nitrogen and oxygen atoms in total. The molecule has 0 fully saturated rings. The molecule has 0 saturated heterocycles. The maximum Gasteiger partial charge on any atom is 0.255 e. The number of benzene rings is 2. The van der Waals surface area contributed by atoms with Gasteiger partial charge in [0.15, 0.2) is 0 Å². The molecule has 6 heteroatoms. The number of rotatable bonds is 8. The number of imidazole rings is 1. The van der Waals surface area contributed by atoms with Crippen molar-refractivity contribution in [1.82, 2.24) is 24.6 Å². The maximum atomic E-state index is 13.0. The average Bonchev–Trinajstić information content (AvgIpc) is 3.47. The zero-order valence-corrected chi connectivity index (χ0v) is 17.0. The Labute approximate surface area is 176 Å². The average molecular weight is 399 g/mol. The molecule has 0 aliphatic carbocycles. The van der Waals surface area contributed by atoms with Crippen LogP contribution in [0.3, 0.4) is 0 Å². The van der Waals surface area contributed by atoms with Crippen LogP contribution in [0.5, 0.6) is 0 Å². The lowest BCUT2D eigenvalue weighted by Crippen LogP contribution is -2.25. The van der Waals surface area contributed by atoms with Crippen molar-refractivity contribution in [1.29, 1.82) is 0 Å². The summed E-state index contributed by atoms with van der Waals surface area (Å²) in [6.07, 6.45) is 9.07. The van der Waals surface area contributed by atoms with Crippen molar-refractivity contribution in [2.45, 2.75) is 26.3 Å². The second-order valence-electron chi connectivity index (χ2n) is 7.13. The van der Waals surface area contributed by atoms with Gasteiger partial charge in [-0.15, -0.1) is 0 Å². The predicted molar refractivity (Wildman–Crippen MR) is 118 cm³/mol. The summed E-state index contributed by atoms with van der Waals surface area (Å²) in [7, 11) is 0. The van der Waals surface area contributed by atoms with Gasteiger partial charge in [-0.05, 0) is 30.5 Å². The molecule has 30 heavy (non-hydrogen) atoms. The van der Waals surface area contributed by atoms with Crippen LogP contribution < -0.4 is 5.32 Å². The lowest BCUT2D eigenvalue weighted by Gasteiger charge is -2.06. The summed E-state index contributed by atoms with van der Waals surface area (Å²) in [6.45, 7) is 3.53. The van der Waals surface area contributed by atoms with E-state index < -0.39 is 0 Å². The topological polar surface area (TPSA) is 64.7 Å². The molecule has 2 aromatic carbocycles. The SMILES string of the molecule is CCc1ccc(-c2nn(-c3ccccc3)cc2C(=O)NCCCn2ccnc2)cc1. The van der Waals surface area contributed by atoms with E-state index >= 15 is 0 Å². The summed E-state index contributed by atoms with van der Waals surface area (Å²) < 4.78 is 3.77. The highest BCUT2D eigenvalue weighted by atomic mass is 16.1. The highest BCUT2D eigenvalue weighted by Crippen LogP contribution is 2.24. The van der Waals surface area contributed by atoms with Crippen LogP contribution in [-0.4, -0.2) is 31.8 Å². The minimum absolute atomic E-state index is 0.114. The Morgan fingerprint density at radius 3 is 2.57 bits per heavy atom. The Kier molecular flexibility index (Phi) is 6.03. The van der Waals surface area contributed by atoms with E-state index in [0.29, 0.717) is 17.8 Å². The maximum absolute atomic E-state index is 13.0. The Bertz CT molecular complexity index is 1080. The van der Waals surface area contributed by atoms with Crippen molar-refractivity contribution < 1.29 is 4.79 Å². The molecular weight excluding hydrogens is 374 g/mol. The van der Waals surface area contributed by atoms with Crippen LogP contribution >= 0.6 is 0 Å². The van der Waals surface area contributed by atoms with Gasteiger partial charge in [-0.25, -0.2) is 9.67 Å². The number of amides is 1. The molecule has 0 aliphatic heterocycles. The number of hydrogen-bond donors (Lipinski definition) is 1. The molecule has 152 valence electrons. The van der Waals surface area contributed by atoms with Crippen molar-refractivity contribution in [3.05, 3.63) is 90.6 Å². The number of nitrogens with zero attached hydrogens (tertiary/aromatic N) is 4. The quantitative estimate of drug-likeness (QED) is 0.453. The van der Waals surface area contributed by atoms with Crippen molar-refractivity contribution in [2.75, 3.05) is 6.54 Å². The van der Waals surface area contributed by atoms with Gasteiger partial charge in [-0.1, -0.05) is 49.4 Å². The zero-order chi connectivity index (χ0) is 20.8. The summed E-state index contributed by atoms with van der Waals surface area (Å²) in [4.78, 5) is 17.0. The van der Waals surface area contributed by atoms with Gasteiger partial charge in [0.05, 0.1) is 17.6 Å². The van der Waals surface area contributed by atoms with Crippen molar-refractivity contribution in [2.24, 2.45) is 0 Å². The Morgan fingerprint density at radius 1 is 1.07 bits per heavy atom. The van der Waals surface area contributed by atoms with Crippen LogP contribution in [0.2, 0.25) is 0 Å². The molecular formula is C24H25N5O. The van der Waals surface area contributed by atoms with E-state index in [1.807, 2.05) is 59.4 Å². The fourth-order valence-corrected chi connectivity index (χ4v) is 3.34. The van der Waals surface area contributed by atoms with Crippen LogP contribution in [0.4, 0.5) is 0 Å². The van der Waals surface area contributed by atoms with Crippen LogP contribution in [0.15, 0.2) is 79.5 Å². The molecule has 1 N–H and O–H groups in total. The molecule has 0 radical (unpaired) electrons. The molecule has 2 aromatic heterocycles. The molecule has 2 heterocycles. The van der Waals surface area contributed by atoms with Crippen LogP contribution in [-0.2, 0) is 13.0 Å². The van der Waals surface area contributed by atoms with E-state index in [-0.39, 0.29) is 5.91 Å². The third-order valence-corrected chi connectivity index (χ3v) is 5.05. The largest absolute Gasteiger partial charge is 0.352 e. The Hall–Kier alpha value is -3.67. The van der Waals surface area contributed by atoms with Crippen LogP contribution in [0.1, 0.15) is 29.3 Å². The van der Waals surface area contributed by atoms with Crippen LogP contribution in [0.25, 0.3) is 16.9 Å². The highest BCUT2D eigenvalue weighted by Gasteiger charge is 2.18. The molecule has 0 unspecified atom stereocenters. The number of carbonyl (C=O) groups excluding carboxylic acids is 1.